The van der Waals surface area contributed by atoms with E-state index >= 15 is 0 Å². The van der Waals surface area contributed by atoms with Gasteiger partial charge in [0.1, 0.15) is 0 Å². The molecule has 0 spiro atoms. The number of carboxylic acids is 1. The van der Waals surface area contributed by atoms with Crippen LogP contribution in [0.5, 0.6) is 0 Å². The Morgan fingerprint density at radius 1 is 1.30 bits per heavy atom. The molecule has 20 heavy (non-hydrogen) atoms. The molecule has 0 unspecified atom stereocenters. The topological polar surface area (TPSA) is 57.6 Å². The fourth-order valence-corrected chi connectivity index (χ4v) is 2.35. The van der Waals surface area contributed by atoms with Gasteiger partial charge < -0.3 is 10.0 Å². The minimum Gasteiger partial charge on any atom is -0.481 e. The molecule has 1 N–H and O–H groups in total. The summed E-state index contributed by atoms with van der Waals surface area (Å²) in [5.74, 6) is -1.42. The summed E-state index contributed by atoms with van der Waals surface area (Å²) in [5, 5.41) is 9.65. The molecule has 5 heteroatoms. The van der Waals surface area contributed by atoms with Crippen molar-refractivity contribution >= 4 is 29.6 Å². The van der Waals surface area contributed by atoms with Gasteiger partial charge in [-0.2, -0.15) is 0 Å². The van der Waals surface area contributed by atoms with E-state index in [1.165, 1.54) is 6.08 Å². The second kappa shape index (κ2) is 6.57. The number of carbonyl (C=O) groups excluding carboxylic acids is 1. The smallest absolute Gasteiger partial charge is 0.308 e. The number of hydrogen-bond acceptors (Lipinski definition) is 2. The molecule has 2 rings (SSSR count). The summed E-state index contributed by atoms with van der Waals surface area (Å²) in [6, 6.07) is 7.16. The summed E-state index contributed by atoms with van der Waals surface area (Å²) < 4.78 is 0. The van der Waals surface area contributed by atoms with E-state index in [9.17, 15) is 9.59 Å². The van der Waals surface area contributed by atoms with E-state index in [0.29, 0.717) is 24.5 Å². The highest BCUT2D eigenvalue weighted by atomic mass is 35.5. The third-order valence-electron chi connectivity index (χ3n) is 3.37. The first-order valence-corrected chi connectivity index (χ1v) is 6.89. The molecule has 1 atom stereocenters. The molecule has 1 aromatic carbocycles. The van der Waals surface area contributed by atoms with Crippen LogP contribution in [0.4, 0.5) is 0 Å². The number of benzene rings is 1. The van der Waals surface area contributed by atoms with Gasteiger partial charge in [0, 0.05) is 24.2 Å². The van der Waals surface area contributed by atoms with Crippen LogP contribution in [0.3, 0.4) is 0 Å². The fraction of sp³-hybridized carbons (Fsp3) is 0.333. The maximum Gasteiger partial charge on any atom is 0.308 e. The molecule has 1 aliphatic rings. The third kappa shape index (κ3) is 3.84. The Bertz CT molecular complexity index is 524. The quantitative estimate of drug-likeness (QED) is 0.872. The molecule has 1 amide bonds. The Labute approximate surface area is 122 Å². The number of halogens is 1. The molecule has 1 saturated heterocycles. The van der Waals surface area contributed by atoms with Gasteiger partial charge in [-0.05, 0) is 36.6 Å². The van der Waals surface area contributed by atoms with Crippen molar-refractivity contribution in [2.75, 3.05) is 13.1 Å². The Balaban J connectivity index is 1.97. The summed E-state index contributed by atoms with van der Waals surface area (Å²) in [7, 11) is 0. The van der Waals surface area contributed by atoms with Crippen molar-refractivity contribution in [2.24, 2.45) is 5.92 Å². The monoisotopic (exact) mass is 293 g/mol. The highest BCUT2D eigenvalue weighted by molar-refractivity contribution is 6.30. The molecule has 0 bridgehead atoms. The summed E-state index contributed by atoms with van der Waals surface area (Å²) in [6.07, 6.45) is 4.56. The molecule has 4 nitrogen and oxygen atoms in total. The zero-order valence-corrected chi connectivity index (χ0v) is 11.7. The van der Waals surface area contributed by atoms with Gasteiger partial charge in [-0.25, -0.2) is 0 Å². The predicted octanol–water partition coefficient (Wildman–Crippen LogP) is 2.68. The summed E-state index contributed by atoms with van der Waals surface area (Å²) >= 11 is 5.79. The number of amides is 1. The number of likely N-dealkylation sites (tertiary alicyclic amines) is 1. The lowest BCUT2D eigenvalue weighted by molar-refractivity contribution is -0.144. The standard InChI is InChI=1S/C15H16ClNO3/c16-13-6-3-11(4-7-13)5-8-14(18)17-9-1-2-12(10-17)15(19)20/h3-8,12H,1-2,9-10H2,(H,19,20)/b8-5+/t12-/m0/s1. The van der Waals surface area contributed by atoms with Crippen molar-refractivity contribution in [2.45, 2.75) is 12.8 Å². The molecule has 0 aliphatic carbocycles. The van der Waals surface area contributed by atoms with Crippen LogP contribution >= 0.6 is 11.6 Å². The molecule has 106 valence electrons. The lowest BCUT2D eigenvalue weighted by Gasteiger charge is -2.29. The lowest BCUT2D eigenvalue weighted by Crippen LogP contribution is -2.41. The van der Waals surface area contributed by atoms with E-state index in [-0.39, 0.29) is 5.91 Å². The van der Waals surface area contributed by atoms with Crippen LogP contribution in [0.15, 0.2) is 30.3 Å². The van der Waals surface area contributed by atoms with Crippen LogP contribution in [0.25, 0.3) is 6.08 Å². The molecular formula is C15H16ClNO3. The lowest BCUT2D eigenvalue weighted by atomic mass is 9.98. The normalized spacial score (nSPS) is 19.2. The van der Waals surface area contributed by atoms with Crippen molar-refractivity contribution in [1.29, 1.82) is 0 Å². The van der Waals surface area contributed by atoms with Crippen molar-refractivity contribution in [3.63, 3.8) is 0 Å². The molecule has 0 radical (unpaired) electrons. The second-order valence-corrected chi connectivity index (χ2v) is 5.28. The van der Waals surface area contributed by atoms with E-state index in [2.05, 4.69) is 0 Å². The number of aliphatic carboxylic acids is 1. The van der Waals surface area contributed by atoms with Crippen molar-refractivity contribution in [3.8, 4) is 0 Å². The summed E-state index contributed by atoms with van der Waals surface area (Å²) in [6.45, 7) is 0.909. The molecule has 1 aromatic rings. The number of nitrogens with zero attached hydrogens (tertiary/aromatic N) is 1. The van der Waals surface area contributed by atoms with E-state index < -0.39 is 11.9 Å². The van der Waals surface area contributed by atoms with E-state index in [1.54, 1.807) is 23.1 Å². The first-order valence-electron chi connectivity index (χ1n) is 6.51. The molecule has 0 saturated carbocycles. The Morgan fingerprint density at radius 2 is 2.00 bits per heavy atom. The largest absolute Gasteiger partial charge is 0.481 e. The van der Waals surface area contributed by atoms with Crippen molar-refractivity contribution < 1.29 is 14.7 Å². The van der Waals surface area contributed by atoms with Gasteiger partial charge in [0.15, 0.2) is 0 Å². The maximum absolute atomic E-state index is 12.0. The van der Waals surface area contributed by atoms with Crippen LogP contribution in [0.1, 0.15) is 18.4 Å². The van der Waals surface area contributed by atoms with Crippen LogP contribution in [0.2, 0.25) is 5.02 Å². The second-order valence-electron chi connectivity index (χ2n) is 4.85. The number of piperidine rings is 1. The predicted molar refractivity (Wildman–Crippen MR) is 77.4 cm³/mol. The first kappa shape index (κ1) is 14.6. The minimum atomic E-state index is -0.829. The number of rotatable bonds is 3. The van der Waals surface area contributed by atoms with Gasteiger partial charge in [-0.1, -0.05) is 23.7 Å². The molecule has 1 fully saturated rings. The van der Waals surface area contributed by atoms with Crippen LogP contribution < -0.4 is 0 Å². The Morgan fingerprint density at radius 3 is 2.65 bits per heavy atom. The van der Waals surface area contributed by atoms with E-state index in [1.807, 2.05) is 12.1 Å². The highest BCUT2D eigenvalue weighted by Gasteiger charge is 2.26. The van der Waals surface area contributed by atoms with Gasteiger partial charge in [-0.3, -0.25) is 9.59 Å². The molecular weight excluding hydrogens is 278 g/mol. The summed E-state index contributed by atoms with van der Waals surface area (Å²) in [4.78, 5) is 24.6. The fourth-order valence-electron chi connectivity index (χ4n) is 2.23. The molecule has 1 aliphatic heterocycles. The van der Waals surface area contributed by atoms with E-state index in [0.717, 1.165) is 12.0 Å². The average Bonchev–Trinajstić information content (AvgIpc) is 2.46. The van der Waals surface area contributed by atoms with Gasteiger partial charge in [0.05, 0.1) is 5.92 Å². The zero-order valence-electron chi connectivity index (χ0n) is 11.0. The van der Waals surface area contributed by atoms with Crippen molar-refractivity contribution in [3.05, 3.63) is 40.9 Å². The number of hydrogen-bond donors (Lipinski definition) is 1. The van der Waals surface area contributed by atoms with Crippen LogP contribution in [0, 0.1) is 5.92 Å². The van der Waals surface area contributed by atoms with Gasteiger partial charge in [-0.15, -0.1) is 0 Å². The van der Waals surface area contributed by atoms with Crippen LogP contribution in [-0.2, 0) is 9.59 Å². The van der Waals surface area contributed by atoms with Gasteiger partial charge >= 0.3 is 5.97 Å². The minimum absolute atomic E-state index is 0.147. The Kier molecular flexibility index (Phi) is 4.79. The molecule has 1 heterocycles. The van der Waals surface area contributed by atoms with Gasteiger partial charge in [0.25, 0.3) is 0 Å². The number of carbonyl (C=O) groups is 2. The van der Waals surface area contributed by atoms with Crippen molar-refractivity contribution in [1.82, 2.24) is 4.90 Å². The Hall–Kier alpha value is -1.81. The third-order valence-corrected chi connectivity index (χ3v) is 3.62. The molecule has 0 aromatic heterocycles. The van der Waals surface area contributed by atoms with Crippen LogP contribution in [-0.4, -0.2) is 35.0 Å². The van der Waals surface area contributed by atoms with E-state index in [4.69, 9.17) is 16.7 Å². The number of carboxylic acid groups (broad SMARTS) is 1. The average molecular weight is 294 g/mol. The van der Waals surface area contributed by atoms with Gasteiger partial charge in [0.2, 0.25) is 5.91 Å². The SMILES string of the molecule is O=C(O)[C@H]1CCCN(C(=O)/C=C/c2ccc(Cl)cc2)C1. The summed E-state index contributed by atoms with van der Waals surface area (Å²) in [5.41, 5.74) is 0.884. The zero-order chi connectivity index (χ0) is 14.5. The first-order chi connectivity index (χ1) is 9.56. The highest BCUT2D eigenvalue weighted by Crippen LogP contribution is 2.17. The maximum atomic E-state index is 12.0.